The van der Waals surface area contributed by atoms with E-state index in [0.717, 1.165) is 31.9 Å². The molecule has 1 aliphatic rings. The lowest BCUT2D eigenvalue weighted by Gasteiger charge is -2.35. The van der Waals surface area contributed by atoms with Crippen molar-refractivity contribution in [1.29, 1.82) is 0 Å². The van der Waals surface area contributed by atoms with Gasteiger partial charge in [0.05, 0.1) is 29.1 Å². The lowest BCUT2D eigenvalue weighted by atomic mass is 10.1. The van der Waals surface area contributed by atoms with Crippen molar-refractivity contribution in [1.82, 2.24) is 4.90 Å². The fraction of sp³-hybridized carbons (Fsp3) is 0.350. The standard InChI is InChI=1S/C20H25N3O3S/c1-22-11-13-23(14-12-22)19-10-6-7-17(20(19)21-16-26-2)15-27(24,25)18-8-4-3-5-9-18/h3-10,16H,11-15H2,1-2H3. The Morgan fingerprint density at radius 2 is 1.74 bits per heavy atom. The Morgan fingerprint density at radius 1 is 1.04 bits per heavy atom. The van der Waals surface area contributed by atoms with Crippen LogP contribution in [0.4, 0.5) is 11.4 Å². The molecule has 6 nitrogen and oxygen atoms in total. The van der Waals surface area contributed by atoms with E-state index < -0.39 is 9.84 Å². The molecule has 0 unspecified atom stereocenters. The molecule has 2 aromatic rings. The molecule has 1 heterocycles. The lowest BCUT2D eigenvalue weighted by Crippen LogP contribution is -2.44. The molecule has 2 aromatic carbocycles. The SMILES string of the molecule is COC=Nc1c(CS(=O)(=O)c2ccccc2)cccc1N1CCN(C)CC1. The average Bonchev–Trinajstić information content (AvgIpc) is 2.68. The highest BCUT2D eigenvalue weighted by atomic mass is 32.2. The van der Waals surface area contributed by atoms with Crippen LogP contribution in [0.3, 0.4) is 0 Å². The first-order valence-corrected chi connectivity index (χ1v) is 10.5. The summed E-state index contributed by atoms with van der Waals surface area (Å²) in [6, 6.07) is 14.2. The number of ether oxygens (including phenoxy) is 1. The van der Waals surface area contributed by atoms with Gasteiger partial charge in [-0.05, 0) is 30.8 Å². The first-order chi connectivity index (χ1) is 13.0. The normalized spacial score (nSPS) is 16.0. The fourth-order valence-corrected chi connectivity index (χ4v) is 4.55. The van der Waals surface area contributed by atoms with Gasteiger partial charge in [-0.2, -0.15) is 0 Å². The van der Waals surface area contributed by atoms with Gasteiger partial charge in [-0.1, -0.05) is 30.3 Å². The van der Waals surface area contributed by atoms with E-state index in [-0.39, 0.29) is 5.75 Å². The summed E-state index contributed by atoms with van der Waals surface area (Å²) >= 11 is 0. The smallest absolute Gasteiger partial charge is 0.182 e. The molecule has 0 spiro atoms. The Balaban J connectivity index is 1.97. The summed E-state index contributed by atoms with van der Waals surface area (Å²) in [5.41, 5.74) is 2.27. The molecule has 1 saturated heterocycles. The number of sulfone groups is 1. The van der Waals surface area contributed by atoms with Gasteiger partial charge in [-0.3, -0.25) is 0 Å². The number of aliphatic imine (C=N–C) groups is 1. The molecule has 0 amide bonds. The maximum absolute atomic E-state index is 12.9. The Hall–Kier alpha value is -2.38. The molecule has 0 aromatic heterocycles. The Bertz CT molecular complexity index is 890. The molecule has 0 N–H and O–H groups in total. The summed E-state index contributed by atoms with van der Waals surface area (Å²) in [5.74, 6) is -0.102. The van der Waals surface area contributed by atoms with Crippen molar-refractivity contribution in [3.05, 3.63) is 54.1 Å². The molecule has 0 saturated carbocycles. The molecule has 7 heteroatoms. The number of rotatable bonds is 6. The zero-order valence-corrected chi connectivity index (χ0v) is 16.5. The van der Waals surface area contributed by atoms with E-state index in [1.165, 1.54) is 13.5 Å². The number of benzene rings is 2. The minimum Gasteiger partial charge on any atom is -0.486 e. The maximum atomic E-state index is 12.9. The molecule has 1 aliphatic heterocycles. The van der Waals surface area contributed by atoms with E-state index in [1.54, 1.807) is 30.3 Å². The number of hydrogen-bond acceptors (Lipinski definition) is 6. The van der Waals surface area contributed by atoms with Crippen molar-refractivity contribution in [2.75, 3.05) is 45.2 Å². The highest BCUT2D eigenvalue weighted by Gasteiger charge is 2.22. The molecule has 1 fully saturated rings. The third-order valence-corrected chi connectivity index (χ3v) is 6.36. The van der Waals surface area contributed by atoms with Gasteiger partial charge in [0, 0.05) is 26.2 Å². The van der Waals surface area contributed by atoms with Gasteiger partial charge in [-0.15, -0.1) is 0 Å². The minimum absolute atomic E-state index is 0.102. The number of piperazine rings is 1. The highest BCUT2D eigenvalue weighted by molar-refractivity contribution is 7.90. The van der Waals surface area contributed by atoms with Crippen molar-refractivity contribution in [2.24, 2.45) is 4.99 Å². The second-order valence-electron chi connectivity index (χ2n) is 6.62. The third-order valence-electron chi connectivity index (χ3n) is 4.68. The summed E-state index contributed by atoms with van der Waals surface area (Å²) in [7, 11) is 0.173. The first-order valence-electron chi connectivity index (χ1n) is 8.90. The summed E-state index contributed by atoms with van der Waals surface area (Å²) in [4.78, 5) is 9.27. The number of anilines is 1. The van der Waals surface area contributed by atoms with Crippen molar-refractivity contribution in [3.63, 3.8) is 0 Å². The molecule has 27 heavy (non-hydrogen) atoms. The lowest BCUT2D eigenvalue weighted by molar-refractivity contribution is 0.313. The Kier molecular flexibility index (Phi) is 6.13. The Morgan fingerprint density at radius 3 is 2.41 bits per heavy atom. The van der Waals surface area contributed by atoms with Crippen molar-refractivity contribution in [3.8, 4) is 0 Å². The van der Waals surface area contributed by atoms with Crippen molar-refractivity contribution < 1.29 is 13.2 Å². The highest BCUT2D eigenvalue weighted by Crippen LogP contribution is 2.35. The fourth-order valence-electron chi connectivity index (χ4n) is 3.17. The topological polar surface area (TPSA) is 62.2 Å². The van der Waals surface area contributed by atoms with E-state index in [2.05, 4.69) is 21.8 Å². The average molecular weight is 388 g/mol. The predicted octanol–water partition coefficient (Wildman–Crippen LogP) is 2.72. The zero-order chi connectivity index (χ0) is 19.3. The minimum atomic E-state index is -3.46. The number of hydrogen-bond donors (Lipinski definition) is 0. The van der Waals surface area contributed by atoms with Gasteiger partial charge >= 0.3 is 0 Å². The quantitative estimate of drug-likeness (QED) is 0.563. The molecular formula is C20H25N3O3S. The number of methoxy groups -OCH3 is 1. The van der Waals surface area contributed by atoms with Gasteiger partial charge in [0.25, 0.3) is 0 Å². The largest absolute Gasteiger partial charge is 0.486 e. The first kappa shape index (κ1) is 19.4. The summed E-state index contributed by atoms with van der Waals surface area (Å²) in [6.45, 7) is 3.67. The van der Waals surface area contributed by atoms with E-state index in [9.17, 15) is 8.42 Å². The van der Waals surface area contributed by atoms with Crippen LogP contribution in [0.2, 0.25) is 0 Å². The van der Waals surface area contributed by atoms with E-state index >= 15 is 0 Å². The van der Waals surface area contributed by atoms with Gasteiger partial charge < -0.3 is 14.5 Å². The zero-order valence-electron chi connectivity index (χ0n) is 15.7. The third kappa shape index (κ3) is 4.67. The van der Waals surface area contributed by atoms with Crippen LogP contribution >= 0.6 is 0 Å². The predicted molar refractivity (Wildman–Crippen MR) is 109 cm³/mol. The van der Waals surface area contributed by atoms with Crippen LogP contribution in [0.25, 0.3) is 0 Å². The second-order valence-corrected chi connectivity index (χ2v) is 8.61. The van der Waals surface area contributed by atoms with Gasteiger partial charge in [0.1, 0.15) is 0 Å². The Labute approximate surface area is 161 Å². The molecule has 0 radical (unpaired) electrons. The molecular weight excluding hydrogens is 362 g/mol. The van der Waals surface area contributed by atoms with Crippen LogP contribution in [-0.2, 0) is 20.3 Å². The maximum Gasteiger partial charge on any atom is 0.182 e. The number of para-hydroxylation sites is 1. The van der Waals surface area contributed by atoms with Crippen LogP contribution in [0.15, 0.2) is 58.4 Å². The van der Waals surface area contributed by atoms with E-state index in [0.29, 0.717) is 16.1 Å². The van der Waals surface area contributed by atoms with E-state index in [1.807, 2.05) is 18.2 Å². The van der Waals surface area contributed by atoms with Crippen LogP contribution in [0, 0.1) is 0 Å². The van der Waals surface area contributed by atoms with Crippen molar-refractivity contribution in [2.45, 2.75) is 10.6 Å². The monoisotopic (exact) mass is 387 g/mol. The van der Waals surface area contributed by atoms with Gasteiger partial charge in [0.15, 0.2) is 16.2 Å². The summed E-state index contributed by atoms with van der Waals surface area (Å²) < 4.78 is 30.7. The summed E-state index contributed by atoms with van der Waals surface area (Å²) in [6.07, 6.45) is 1.35. The van der Waals surface area contributed by atoms with Crippen LogP contribution in [-0.4, -0.2) is 60.1 Å². The van der Waals surface area contributed by atoms with Crippen LogP contribution < -0.4 is 4.90 Å². The van der Waals surface area contributed by atoms with Gasteiger partial charge in [0.2, 0.25) is 0 Å². The molecule has 0 atom stereocenters. The van der Waals surface area contributed by atoms with Crippen LogP contribution in [0.1, 0.15) is 5.56 Å². The number of likely N-dealkylation sites (N-methyl/N-ethyl adjacent to an activating group) is 1. The van der Waals surface area contributed by atoms with Gasteiger partial charge in [-0.25, -0.2) is 13.4 Å². The molecule has 144 valence electrons. The molecule has 0 aliphatic carbocycles. The molecule has 3 rings (SSSR count). The summed E-state index contributed by atoms with van der Waals surface area (Å²) in [5, 5.41) is 0. The second kappa shape index (κ2) is 8.54. The number of nitrogens with zero attached hydrogens (tertiary/aromatic N) is 3. The van der Waals surface area contributed by atoms with E-state index in [4.69, 9.17) is 4.74 Å². The van der Waals surface area contributed by atoms with Crippen molar-refractivity contribution >= 4 is 27.6 Å². The molecule has 0 bridgehead atoms. The van der Waals surface area contributed by atoms with Crippen LogP contribution in [0.5, 0.6) is 0 Å².